The monoisotopic (exact) mass is 243 g/mol. The van der Waals surface area contributed by atoms with Gasteiger partial charge in [-0.3, -0.25) is 0 Å². The Morgan fingerprint density at radius 3 is 2.50 bits per heavy atom. The Hall–Kier alpha value is -0.740. The van der Waals surface area contributed by atoms with Crippen LogP contribution in [-0.2, 0) is 11.0 Å². The van der Waals surface area contributed by atoms with Gasteiger partial charge in [0, 0.05) is 6.04 Å². The fraction of sp³-hybridized carbons (Fsp3) is 0.500. The first-order valence-corrected chi connectivity index (χ1v) is 6.39. The number of nitrogens with one attached hydrogen (secondary N) is 1. The van der Waals surface area contributed by atoms with Gasteiger partial charge in [0.1, 0.15) is 5.82 Å². The van der Waals surface area contributed by atoms with Crippen LogP contribution in [-0.4, -0.2) is 8.96 Å². The van der Waals surface area contributed by atoms with Crippen LogP contribution in [0.25, 0.3) is 0 Å². The number of hydrogen-bond donors (Lipinski definition) is 1. The highest BCUT2D eigenvalue weighted by Crippen LogP contribution is 2.17. The van der Waals surface area contributed by atoms with Gasteiger partial charge in [0.2, 0.25) is 0 Å². The van der Waals surface area contributed by atoms with Crippen LogP contribution in [0.15, 0.2) is 24.3 Å². The van der Waals surface area contributed by atoms with E-state index in [9.17, 15) is 8.60 Å². The Kier molecular flexibility index (Phi) is 4.21. The Morgan fingerprint density at radius 1 is 1.38 bits per heavy atom. The van der Waals surface area contributed by atoms with Gasteiger partial charge >= 0.3 is 0 Å². The number of rotatable bonds is 3. The molecular formula is C12H18FNOS. The number of benzene rings is 1. The van der Waals surface area contributed by atoms with Crippen LogP contribution in [0.4, 0.5) is 4.39 Å². The zero-order valence-corrected chi connectivity index (χ0v) is 10.9. The molecule has 0 aliphatic heterocycles. The molecule has 16 heavy (non-hydrogen) atoms. The SMILES string of the molecule is C[C@@H](NS(=O)C(C)(C)C)c1cccc(F)c1. The molecule has 0 saturated heterocycles. The predicted molar refractivity (Wildman–Crippen MR) is 65.8 cm³/mol. The summed E-state index contributed by atoms with van der Waals surface area (Å²) in [7, 11) is -1.15. The van der Waals surface area contributed by atoms with Crippen molar-refractivity contribution in [2.24, 2.45) is 0 Å². The molecular weight excluding hydrogens is 225 g/mol. The smallest absolute Gasteiger partial charge is 0.123 e. The summed E-state index contributed by atoms with van der Waals surface area (Å²) in [5, 5.41) is 0. The van der Waals surface area contributed by atoms with E-state index in [1.807, 2.05) is 33.8 Å². The van der Waals surface area contributed by atoms with E-state index < -0.39 is 11.0 Å². The van der Waals surface area contributed by atoms with E-state index >= 15 is 0 Å². The minimum atomic E-state index is -1.15. The number of hydrogen-bond acceptors (Lipinski definition) is 1. The van der Waals surface area contributed by atoms with Crippen molar-refractivity contribution in [2.75, 3.05) is 0 Å². The summed E-state index contributed by atoms with van der Waals surface area (Å²) < 4.78 is 27.5. The Balaban J connectivity index is 2.73. The van der Waals surface area contributed by atoms with E-state index in [0.717, 1.165) is 5.56 Å². The minimum Gasteiger partial charge on any atom is -0.242 e. The molecule has 2 atom stereocenters. The van der Waals surface area contributed by atoms with E-state index in [1.54, 1.807) is 6.07 Å². The lowest BCUT2D eigenvalue weighted by molar-refractivity contribution is 0.605. The van der Waals surface area contributed by atoms with Gasteiger partial charge in [0.05, 0.1) is 15.7 Å². The fourth-order valence-corrected chi connectivity index (χ4v) is 1.99. The zero-order valence-electron chi connectivity index (χ0n) is 10.1. The van der Waals surface area contributed by atoms with Crippen LogP contribution in [0.2, 0.25) is 0 Å². The van der Waals surface area contributed by atoms with Gasteiger partial charge in [-0.05, 0) is 45.4 Å². The summed E-state index contributed by atoms with van der Waals surface area (Å²) in [6, 6.07) is 6.20. The Labute approximate surface area is 98.8 Å². The van der Waals surface area contributed by atoms with Crippen molar-refractivity contribution >= 4 is 11.0 Å². The minimum absolute atomic E-state index is 0.129. The molecule has 0 spiro atoms. The normalized spacial score (nSPS) is 15.8. The van der Waals surface area contributed by atoms with Crippen molar-refractivity contribution in [1.29, 1.82) is 0 Å². The van der Waals surface area contributed by atoms with E-state index in [0.29, 0.717) is 0 Å². The van der Waals surface area contributed by atoms with E-state index in [2.05, 4.69) is 4.72 Å². The molecule has 0 heterocycles. The van der Waals surface area contributed by atoms with Crippen molar-refractivity contribution in [1.82, 2.24) is 4.72 Å². The van der Waals surface area contributed by atoms with Crippen LogP contribution in [0.1, 0.15) is 39.3 Å². The van der Waals surface area contributed by atoms with Crippen molar-refractivity contribution in [3.63, 3.8) is 0 Å². The molecule has 1 unspecified atom stereocenters. The van der Waals surface area contributed by atoms with Crippen LogP contribution in [0, 0.1) is 5.82 Å². The first-order chi connectivity index (χ1) is 7.30. The molecule has 0 fully saturated rings. The maximum absolute atomic E-state index is 13.0. The van der Waals surface area contributed by atoms with Gasteiger partial charge in [-0.2, -0.15) is 0 Å². The summed E-state index contributed by atoms with van der Waals surface area (Å²) in [6.07, 6.45) is 0. The summed E-state index contributed by atoms with van der Waals surface area (Å²) in [6.45, 7) is 7.57. The molecule has 1 aromatic carbocycles. The highest BCUT2D eigenvalue weighted by molar-refractivity contribution is 7.84. The standard InChI is InChI=1S/C12H18FNOS/c1-9(14-16(15)12(2,3)4)10-6-5-7-11(13)8-10/h5-9,14H,1-4H3/t9-,16?/m1/s1. The second kappa shape index (κ2) is 5.06. The van der Waals surface area contributed by atoms with Crippen LogP contribution < -0.4 is 4.72 Å². The lowest BCUT2D eigenvalue weighted by Gasteiger charge is -2.22. The summed E-state index contributed by atoms with van der Waals surface area (Å²) in [5.41, 5.74) is 0.803. The van der Waals surface area contributed by atoms with Gasteiger partial charge in [0.15, 0.2) is 0 Å². The van der Waals surface area contributed by atoms with Crippen LogP contribution >= 0.6 is 0 Å². The molecule has 1 aromatic rings. The van der Waals surface area contributed by atoms with E-state index in [4.69, 9.17) is 0 Å². The summed E-state index contributed by atoms with van der Waals surface area (Å²) in [4.78, 5) is 0. The summed E-state index contributed by atoms with van der Waals surface area (Å²) in [5.74, 6) is -0.271. The zero-order chi connectivity index (χ0) is 12.3. The van der Waals surface area contributed by atoms with Gasteiger partial charge in [0.25, 0.3) is 0 Å². The second-order valence-electron chi connectivity index (χ2n) is 4.78. The molecule has 2 nitrogen and oxygen atoms in total. The molecule has 0 saturated carbocycles. The van der Waals surface area contributed by atoms with Crippen molar-refractivity contribution in [3.8, 4) is 0 Å². The quantitative estimate of drug-likeness (QED) is 0.869. The maximum Gasteiger partial charge on any atom is 0.123 e. The number of halogens is 1. The second-order valence-corrected chi connectivity index (χ2v) is 6.77. The van der Waals surface area contributed by atoms with Gasteiger partial charge in [-0.25, -0.2) is 13.3 Å². The molecule has 0 aromatic heterocycles. The van der Waals surface area contributed by atoms with Crippen molar-refractivity contribution in [2.45, 2.75) is 38.5 Å². The average Bonchev–Trinajstić information content (AvgIpc) is 2.16. The molecule has 90 valence electrons. The molecule has 0 aliphatic rings. The highest BCUT2D eigenvalue weighted by atomic mass is 32.2. The maximum atomic E-state index is 13.0. The molecule has 1 N–H and O–H groups in total. The van der Waals surface area contributed by atoms with E-state index in [1.165, 1.54) is 12.1 Å². The topological polar surface area (TPSA) is 29.1 Å². The van der Waals surface area contributed by atoms with Crippen LogP contribution in [0.3, 0.4) is 0 Å². The van der Waals surface area contributed by atoms with Gasteiger partial charge < -0.3 is 0 Å². The van der Waals surface area contributed by atoms with Gasteiger partial charge in [-0.1, -0.05) is 12.1 Å². The Bertz CT molecular complexity index is 387. The molecule has 0 radical (unpaired) electrons. The highest BCUT2D eigenvalue weighted by Gasteiger charge is 2.21. The summed E-state index contributed by atoms with van der Waals surface area (Å²) >= 11 is 0. The molecule has 1 rings (SSSR count). The average molecular weight is 243 g/mol. The molecule has 0 aliphatic carbocycles. The fourth-order valence-electron chi connectivity index (χ4n) is 1.18. The molecule has 0 amide bonds. The predicted octanol–water partition coefficient (Wildman–Crippen LogP) is 2.94. The lowest BCUT2D eigenvalue weighted by atomic mass is 10.1. The van der Waals surface area contributed by atoms with Crippen molar-refractivity contribution in [3.05, 3.63) is 35.6 Å². The molecule has 4 heteroatoms. The third-order valence-corrected chi connectivity index (χ3v) is 3.87. The first kappa shape index (κ1) is 13.3. The van der Waals surface area contributed by atoms with Crippen LogP contribution in [0.5, 0.6) is 0 Å². The van der Waals surface area contributed by atoms with Crippen molar-refractivity contribution < 1.29 is 8.60 Å². The first-order valence-electron chi connectivity index (χ1n) is 5.24. The molecule has 0 bridgehead atoms. The largest absolute Gasteiger partial charge is 0.242 e. The van der Waals surface area contributed by atoms with E-state index in [-0.39, 0.29) is 16.6 Å². The lowest BCUT2D eigenvalue weighted by Crippen LogP contribution is -2.34. The third-order valence-electron chi connectivity index (χ3n) is 2.19. The van der Waals surface area contributed by atoms with Gasteiger partial charge in [-0.15, -0.1) is 0 Å². The third kappa shape index (κ3) is 3.68. The Morgan fingerprint density at radius 2 is 2.00 bits per heavy atom.